The van der Waals surface area contributed by atoms with Crippen LogP contribution in [0.3, 0.4) is 0 Å². The Morgan fingerprint density at radius 2 is 2.41 bits per heavy atom. The zero-order chi connectivity index (χ0) is 12.3. The van der Waals surface area contributed by atoms with Gasteiger partial charge in [0, 0.05) is 37.0 Å². The lowest BCUT2D eigenvalue weighted by atomic mass is 10.3. The molecule has 5 heteroatoms. The first kappa shape index (κ1) is 11.7. The van der Waals surface area contributed by atoms with E-state index in [-0.39, 0.29) is 5.84 Å². The number of ether oxygens (including phenoxy) is 1. The number of nitrogens with zero attached hydrogens (tertiary/aromatic N) is 2. The van der Waals surface area contributed by atoms with E-state index in [0.717, 1.165) is 12.2 Å². The monoisotopic (exact) mass is 234 g/mol. The lowest BCUT2D eigenvalue weighted by molar-refractivity contribution is 0.398. The van der Waals surface area contributed by atoms with Crippen molar-refractivity contribution in [3.8, 4) is 5.88 Å². The number of rotatable bonds is 6. The molecule has 0 spiro atoms. The minimum Gasteiger partial charge on any atom is -0.481 e. The summed E-state index contributed by atoms with van der Waals surface area (Å²) in [6, 6.07) is 4.49. The van der Waals surface area contributed by atoms with E-state index in [0.29, 0.717) is 18.3 Å². The first-order chi connectivity index (χ1) is 8.20. The standard InChI is InChI=1S/C12H18N4O/c1-17-12-8-10(4-6-15-12)16(9-2-3-9)7-5-11(13)14/h4,6,8-9H,2-3,5,7H2,1H3,(H3,13,14). The van der Waals surface area contributed by atoms with E-state index in [2.05, 4.69) is 9.88 Å². The van der Waals surface area contributed by atoms with Crippen molar-refractivity contribution in [2.45, 2.75) is 25.3 Å². The van der Waals surface area contributed by atoms with Gasteiger partial charge in [-0.25, -0.2) is 4.98 Å². The van der Waals surface area contributed by atoms with Gasteiger partial charge in [-0.3, -0.25) is 5.41 Å². The summed E-state index contributed by atoms with van der Waals surface area (Å²) in [5, 5.41) is 7.30. The number of amidine groups is 1. The van der Waals surface area contributed by atoms with Gasteiger partial charge in [0.1, 0.15) is 0 Å². The zero-order valence-electron chi connectivity index (χ0n) is 10.0. The highest BCUT2D eigenvalue weighted by Gasteiger charge is 2.29. The van der Waals surface area contributed by atoms with Crippen molar-refractivity contribution < 1.29 is 4.74 Å². The number of hydrogen-bond acceptors (Lipinski definition) is 4. The molecule has 0 aliphatic heterocycles. The number of methoxy groups -OCH3 is 1. The molecule has 17 heavy (non-hydrogen) atoms. The van der Waals surface area contributed by atoms with Gasteiger partial charge in [-0.15, -0.1) is 0 Å². The number of nitrogens with two attached hydrogens (primary N) is 1. The van der Waals surface area contributed by atoms with Gasteiger partial charge in [0.2, 0.25) is 5.88 Å². The maximum absolute atomic E-state index is 7.30. The van der Waals surface area contributed by atoms with E-state index < -0.39 is 0 Å². The van der Waals surface area contributed by atoms with Gasteiger partial charge in [0.05, 0.1) is 12.9 Å². The minimum absolute atomic E-state index is 0.233. The van der Waals surface area contributed by atoms with Gasteiger partial charge in [-0.2, -0.15) is 0 Å². The molecule has 0 bridgehead atoms. The summed E-state index contributed by atoms with van der Waals surface area (Å²) in [4.78, 5) is 6.38. The molecule has 2 rings (SSSR count). The Hall–Kier alpha value is -1.78. The summed E-state index contributed by atoms with van der Waals surface area (Å²) in [5.74, 6) is 0.854. The van der Waals surface area contributed by atoms with Crippen LogP contribution in [0.4, 0.5) is 5.69 Å². The number of nitrogens with one attached hydrogen (secondary N) is 1. The molecular weight excluding hydrogens is 216 g/mol. The van der Waals surface area contributed by atoms with Crippen LogP contribution in [0.1, 0.15) is 19.3 Å². The van der Waals surface area contributed by atoms with Crippen LogP contribution in [0.5, 0.6) is 5.88 Å². The first-order valence-corrected chi connectivity index (χ1v) is 5.80. The fraction of sp³-hybridized carbons (Fsp3) is 0.500. The maximum Gasteiger partial charge on any atom is 0.214 e. The van der Waals surface area contributed by atoms with Crippen molar-refractivity contribution in [3.63, 3.8) is 0 Å². The molecule has 3 N–H and O–H groups in total. The highest BCUT2D eigenvalue weighted by atomic mass is 16.5. The van der Waals surface area contributed by atoms with Gasteiger partial charge >= 0.3 is 0 Å². The molecule has 0 aromatic carbocycles. The third-order valence-corrected chi connectivity index (χ3v) is 2.87. The summed E-state index contributed by atoms with van der Waals surface area (Å²) >= 11 is 0. The largest absolute Gasteiger partial charge is 0.481 e. The summed E-state index contributed by atoms with van der Waals surface area (Å²) in [5.41, 5.74) is 6.51. The molecule has 1 aliphatic carbocycles. The summed E-state index contributed by atoms with van der Waals surface area (Å²) < 4.78 is 5.13. The van der Waals surface area contributed by atoms with Gasteiger partial charge < -0.3 is 15.4 Å². The van der Waals surface area contributed by atoms with Crippen LogP contribution >= 0.6 is 0 Å². The van der Waals surface area contributed by atoms with E-state index >= 15 is 0 Å². The lowest BCUT2D eigenvalue weighted by Crippen LogP contribution is -2.29. The molecule has 1 aliphatic rings. The topological polar surface area (TPSA) is 75.2 Å². The molecule has 5 nitrogen and oxygen atoms in total. The van der Waals surface area contributed by atoms with E-state index in [1.54, 1.807) is 13.3 Å². The summed E-state index contributed by atoms with van der Waals surface area (Å²) in [6.45, 7) is 0.785. The first-order valence-electron chi connectivity index (χ1n) is 5.80. The van der Waals surface area contributed by atoms with Crippen molar-refractivity contribution in [3.05, 3.63) is 18.3 Å². The predicted molar refractivity (Wildman–Crippen MR) is 67.7 cm³/mol. The van der Waals surface area contributed by atoms with E-state index in [4.69, 9.17) is 15.9 Å². The van der Waals surface area contributed by atoms with Crippen LogP contribution in [0.15, 0.2) is 18.3 Å². The van der Waals surface area contributed by atoms with Crippen LogP contribution in [0, 0.1) is 5.41 Å². The van der Waals surface area contributed by atoms with Gasteiger partial charge in [-0.05, 0) is 18.9 Å². The molecule has 0 radical (unpaired) electrons. The molecule has 0 unspecified atom stereocenters. The van der Waals surface area contributed by atoms with Crippen LogP contribution in [-0.4, -0.2) is 30.5 Å². The van der Waals surface area contributed by atoms with Crippen LogP contribution in [-0.2, 0) is 0 Å². The predicted octanol–water partition coefficient (Wildman–Crippen LogP) is 1.39. The third kappa shape index (κ3) is 3.09. The Labute approximate surface area is 101 Å². The van der Waals surface area contributed by atoms with Crippen molar-refractivity contribution in [2.75, 3.05) is 18.6 Å². The number of anilines is 1. The SMILES string of the molecule is COc1cc(N(CCC(=N)N)C2CC2)ccn1. The zero-order valence-corrected chi connectivity index (χ0v) is 10.0. The van der Waals surface area contributed by atoms with Crippen LogP contribution in [0.25, 0.3) is 0 Å². The Morgan fingerprint density at radius 3 is 3.00 bits per heavy atom. The molecule has 92 valence electrons. The third-order valence-electron chi connectivity index (χ3n) is 2.87. The van der Waals surface area contributed by atoms with E-state index in [1.807, 2.05) is 12.1 Å². The maximum atomic E-state index is 7.30. The lowest BCUT2D eigenvalue weighted by Gasteiger charge is -2.24. The smallest absolute Gasteiger partial charge is 0.214 e. The average molecular weight is 234 g/mol. The van der Waals surface area contributed by atoms with Crippen LogP contribution in [0.2, 0.25) is 0 Å². The molecule has 1 aromatic heterocycles. The molecule has 1 heterocycles. The normalized spacial score (nSPS) is 14.4. The van der Waals surface area contributed by atoms with Crippen molar-refractivity contribution >= 4 is 11.5 Å². The quantitative estimate of drug-likeness (QED) is 0.576. The molecule has 0 atom stereocenters. The van der Waals surface area contributed by atoms with Gasteiger partial charge in [-0.1, -0.05) is 0 Å². The van der Waals surface area contributed by atoms with Gasteiger partial charge in [0.25, 0.3) is 0 Å². The second-order valence-electron chi connectivity index (χ2n) is 4.26. The summed E-state index contributed by atoms with van der Waals surface area (Å²) in [7, 11) is 1.61. The second kappa shape index (κ2) is 5.03. The van der Waals surface area contributed by atoms with E-state index in [9.17, 15) is 0 Å². The molecule has 1 aromatic rings. The molecule has 1 saturated carbocycles. The van der Waals surface area contributed by atoms with Crippen molar-refractivity contribution in [1.29, 1.82) is 5.41 Å². The number of pyridine rings is 1. The Kier molecular flexibility index (Phi) is 3.46. The highest BCUT2D eigenvalue weighted by molar-refractivity contribution is 5.77. The Morgan fingerprint density at radius 1 is 1.65 bits per heavy atom. The fourth-order valence-electron chi connectivity index (χ4n) is 1.84. The Balaban J connectivity index is 2.10. The Bertz CT molecular complexity index is 403. The number of hydrogen-bond donors (Lipinski definition) is 2. The summed E-state index contributed by atoms with van der Waals surface area (Å²) in [6.07, 6.45) is 4.77. The van der Waals surface area contributed by atoms with E-state index in [1.165, 1.54) is 12.8 Å². The molecule has 0 saturated heterocycles. The average Bonchev–Trinajstić information content (AvgIpc) is 3.14. The molecular formula is C12H18N4O. The number of aromatic nitrogens is 1. The molecule has 0 amide bonds. The molecule has 1 fully saturated rings. The van der Waals surface area contributed by atoms with Crippen molar-refractivity contribution in [1.82, 2.24) is 4.98 Å². The highest BCUT2D eigenvalue weighted by Crippen LogP contribution is 2.32. The van der Waals surface area contributed by atoms with Crippen LogP contribution < -0.4 is 15.4 Å². The fourth-order valence-corrected chi connectivity index (χ4v) is 1.84. The second-order valence-corrected chi connectivity index (χ2v) is 4.26. The van der Waals surface area contributed by atoms with Crippen molar-refractivity contribution in [2.24, 2.45) is 5.73 Å². The van der Waals surface area contributed by atoms with Gasteiger partial charge in [0.15, 0.2) is 0 Å². The minimum atomic E-state index is 0.233.